The predicted octanol–water partition coefficient (Wildman–Crippen LogP) is 3.99. The Morgan fingerprint density at radius 3 is 2.60 bits per heavy atom. The summed E-state index contributed by atoms with van der Waals surface area (Å²) in [6.45, 7) is 3.11. The van der Waals surface area contributed by atoms with E-state index in [9.17, 15) is 18.4 Å². The van der Waals surface area contributed by atoms with E-state index in [1.165, 1.54) is 6.07 Å². The van der Waals surface area contributed by atoms with Gasteiger partial charge in [0.1, 0.15) is 6.07 Å². The first kappa shape index (κ1) is 22.2. The van der Waals surface area contributed by atoms with Gasteiger partial charge in [0.2, 0.25) is 5.82 Å². The molecule has 160 valence electrons. The zero-order valence-corrected chi connectivity index (χ0v) is 17.3. The first-order valence-electron chi connectivity index (χ1n) is 10.1. The molecule has 0 saturated carbocycles. The number of hydrogen-bond acceptors (Lipinski definition) is 5. The van der Waals surface area contributed by atoms with Gasteiger partial charge in [0, 0.05) is 17.3 Å². The van der Waals surface area contributed by atoms with Crippen molar-refractivity contribution in [2.75, 3.05) is 33.7 Å². The fourth-order valence-corrected chi connectivity index (χ4v) is 3.81. The summed E-state index contributed by atoms with van der Waals surface area (Å²) < 4.78 is 39.1. The molecule has 2 heterocycles. The first-order chi connectivity index (χ1) is 14.3. The number of benzene rings is 1. The number of piperidine rings is 1. The number of halogens is 3. The lowest BCUT2D eigenvalue weighted by molar-refractivity contribution is -0.137. The van der Waals surface area contributed by atoms with Gasteiger partial charge in [0.25, 0.3) is 0 Å². The van der Waals surface area contributed by atoms with E-state index in [-0.39, 0.29) is 5.82 Å². The van der Waals surface area contributed by atoms with E-state index in [1.54, 1.807) is 12.1 Å². The van der Waals surface area contributed by atoms with Crippen molar-refractivity contribution in [2.24, 2.45) is 0 Å². The van der Waals surface area contributed by atoms with Crippen LogP contribution < -0.4 is 0 Å². The van der Waals surface area contributed by atoms with Crippen molar-refractivity contribution in [2.45, 2.75) is 37.9 Å². The lowest BCUT2D eigenvalue weighted by Gasteiger charge is -2.35. The van der Waals surface area contributed by atoms with Gasteiger partial charge in [-0.2, -0.15) is 18.4 Å². The fraction of sp³-hybridized carbons (Fsp3) is 0.500. The summed E-state index contributed by atoms with van der Waals surface area (Å²) in [7, 11) is 4.27. The van der Waals surface area contributed by atoms with Crippen molar-refractivity contribution in [1.82, 2.24) is 19.8 Å². The Balaban J connectivity index is 1.69. The number of rotatable bonds is 6. The zero-order valence-electron chi connectivity index (χ0n) is 17.3. The highest BCUT2D eigenvalue weighted by Crippen LogP contribution is 2.32. The van der Waals surface area contributed by atoms with Crippen molar-refractivity contribution in [1.29, 1.82) is 5.26 Å². The molecule has 1 aromatic heterocycles. The van der Waals surface area contributed by atoms with Crippen molar-refractivity contribution in [3.8, 4) is 17.3 Å². The number of alkyl halides is 3. The van der Waals surface area contributed by atoms with Gasteiger partial charge < -0.3 is 9.80 Å². The van der Waals surface area contributed by atoms with Crippen LogP contribution in [0.5, 0.6) is 0 Å². The molecule has 3 rings (SSSR count). The first-order valence-corrected chi connectivity index (χ1v) is 10.1. The molecule has 1 fully saturated rings. The quantitative estimate of drug-likeness (QED) is 0.711. The SMILES string of the molecule is CN1CCC(N(C)CCCc2cc(-c3cccc(C(F)(F)F)c3)nc(C#N)n2)CC1. The summed E-state index contributed by atoms with van der Waals surface area (Å²) in [5.74, 6) is -0.0245. The van der Waals surface area contributed by atoms with Crippen molar-refractivity contribution < 1.29 is 13.2 Å². The van der Waals surface area contributed by atoms with E-state index >= 15 is 0 Å². The molecule has 8 heteroatoms. The average molecular weight is 417 g/mol. The number of aromatic nitrogens is 2. The van der Waals surface area contributed by atoms with Crippen LogP contribution in [0.2, 0.25) is 0 Å². The lowest BCUT2D eigenvalue weighted by Crippen LogP contribution is -2.42. The normalized spacial score (nSPS) is 16.0. The third-order valence-corrected chi connectivity index (χ3v) is 5.62. The van der Waals surface area contributed by atoms with Crippen molar-refractivity contribution in [3.05, 3.63) is 47.4 Å². The molecular weight excluding hydrogens is 391 g/mol. The average Bonchev–Trinajstić information content (AvgIpc) is 2.73. The minimum absolute atomic E-state index is 0.0245. The van der Waals surface area contributed by atoms with Crippen LogP contribution in [-0.2, 0) is 12.6 Å². The summed E-state index contributed by atoms with van der Waals surface area (Å²) in [5.41, 5.74) is 0.601. The van der Waals surface area contributed by atoms with Crippen molar-refractivity contribution in [3.63, 3.8) is 0 Å². The molecule has 1 aliphatic rings. The number of nitriles is 1. The highest BCUT2D eigenvalue weighted by atomic mass is 19.4. The second kappa shape index (κ2) is 9.54. The standard InChI is InChI=1S/C22H26F3N5/c1-29-11-8-19(9-12-29)30(2)10-4-7-18-14-20(28-21(15-26)27-18)16-5-3-6-17(13-16)22(23,24)25/h3,5-6,13-14,19H,4,7-12H2,1-2H3. The van der Waals surface area contributed by atoms with Gasteiger partial charge in [-0.1, -0.05) is 12.1 Å². The van der Waals surface area contributed by atoms with Crippen LogP contribution in [0.4, 0.5) is 13.2 Å². The molecule has 2 aromatic rings. The highest BCUT2D eigenvalue weighted by molar-refractivity contribution is 5.61. The maximum absolute atomic E-state index is 13.0. The lowest BCUT2D eigenvalue weighted by atomic mass is 10.0. The van der Waals surface area contributed by atoms with E-state index in [1.807, 2.05) is 6.07 Å². The highest BCUT2D eigenvalue weighted by Gasteiger charge is 2.30. The van der Waals surface area contributed by atoms with Crippen molar-refractivity contribution >= 4 is 0 Å². The Kier molecular flexibility index (Phi) is 7.06. The minimum atomic E-state index is -4.43. The Hall–Kier alpha value is -2.50. The molecule has 0 N–H and O–H groups in total. The molecule has 1 aliphatic heterocycles. The van der Waals surface area contributed by atoms with Crippen LogP contribution in [0, 0.1) is 11.3 Å². The van der Waals surface area contributed by atoms with E-state index in [2.05, 4.69) is 33.9 Å². The molecule has 0 radical (unpaired) electrons. The van der Waals surface area contributed by atoms with Crippen LogP contribution in [0.25, 0.3) is 11.3 Å². The Bertz CT molecular complexity index is 898. The molecule has 0 atom stereocenters. The van der Waals surface area contributed by atoms with Gasteiger partial charge in [-0.25, -0.2) is 9.97 Å². The summed E-state index contributed by atoms with van der Waals surface area (Å²) in [6, 6.07) is 9.17. The molecular formula is C22H26F3N5. The second-order valence-electron chi connectivity index (χ2n) is 7.88. The molecule has 1 saturated heterocycles. The van der Waals surface area contributed by atoms with E-state index in [0.717, 1.165) is 51.0 Å². The van der Waals surface area contributed by atoms with Crippen LogP contribution in [-0.4, -0.2) is 59.5 Å². The van der Waals surface area contributed by atoms with Crippen LogP contribution in [0.1, 0.15) is 36.3 Å². The number of nitrogens with zero attached hydrogens (tertiary/aromatic N) is 5. The summed E-state index contributed by atoms with van der Waals surface area (Å²) in [4.78, 5) is 13.1. The fourth-order valence-electron chi connectivity index (χ4n) is 3.81. The molecule has 1 aromatic carbocycles. The maximum atomic E-state index is 13.0. The summed E-state index contributed by atoms with van der Waals surface area (Å²) >= 11 is 0. The maximum Gasteiger partial charge on any atom is 0.416 e. The number of hydrogen-bond donors (Lipinski definition) is 0. The van der Waals surface area contributed by atoms with Crippen LogP contribution in [0.3, 0.4) is 0 Å². The molecule has 0 aliphatic carbocycles. The van der Waals surface area contributed by atoms with Crippen LogP contribution in [0.15, 0.2) is 30.3 Å². The Morgan fingerprint density at radius 2 is 1.93 bits per heavy atom. The van der Waals surface area contributed by atoms with Crippen LogP contribution >= 0.6 is 0 Å². The largest absolute Gasteiger partial charge is 0.416 e. The Labute approximate surface area is 175 Å². The smallest absolute Gasteiger partial charge is 0.306 e. The topological polar surface area (TPSA) is 56.0 Å². The second-order valence-corrected chi connectivity index (χ2v) is 7.88. The molecule has 0 bridgehead atoms. The number of aryl methyl sites for hydroxylation is 1. The molecule has 5 nitrogen and oxygen atoms in total. The van der Waals surface area contributed by atoms with E-state index < -0.39 is 11.7 Å². The van der Waals surface area contributed by atoms with Gasteiger partial charge >= 0.3 is 6.18 Å². The monoisotopic (exact) mass is 417 g/mol. The zero-order chi connectivity index (χ0) is 21.7. The predicted molar refractivity (Wildman–Crippen MR) is 109 cm³/mol. The molecule has 0 amide bonds. The summed E-state index contributed by atoms with van der Waals surface area (Å²) in [6.07, 6.45) is -0.632. The number of likely N-dealkylation sites (tertiary alicyclic amines) is 1. The minimum Gasteiger partial charge on any atom is -0.306 e. The van der Waals surface area contributed by atoms with Gasteiger partial charge in [-0.15, -0.1) is 0 Å². The molecule has 0 unspecified atom stereocenters. The van der Waals surface area contributed by atoms with E-state index in [0.29, 0.717) is 29.4 Å². The molecule has 30 heavy (non-hydrogen) atoms. The van der Waals surface area contributed by atoms with E-state index in [4.69, 9.17) is 0 Å². The summed E-state index contributed by atoms with van der Waals surface area (Å²) in [5, 5.41) is 9.26. The third-order valence-electron chi connectivity index (χ3n) is 5.62. The van der Waals surface area contributed by atoms with Gasteiger partial charge in [0.05, 0.1) is 11.3 Å². The van der Waals surface area contributed by atoms with Gasteiger partial charge in [-0.3, -0.25) is 0 Å². The third kappa shape index (κ3) is 5.77. The van der Waals surface area contributed by atoms with Gasteiger partial charge in [0.15, 0.2) is 0 Å². The molecule has 0 spiro atoms. The van der Waals surface area contributed by atoms with Gasteiger partial charge in [-0.05, 0) is 77.6 Å². The Morgan fingerprint density at radius 1 is 1.20 bits per heavy atom.